The Morgan fingerprint density at radius 3 is 2.86 bits per heavy atom. The van der Waals surface area contributed by atoms with Crippen molar-refractivity contribution in [3.63, 3.8) is 0 Å². The van der Waals surface area contributed by atoms with Gasteiger partial charge < -0.3 is 15.4 Å². The summed E-state index contributed by atoms with van der Waals surface area (Å²) >= 11 is 0. The zero-order chi connectivity index (χ0) is 15.9. The molecule has 6 heteroatoms. The van der Waals surface area contributed by atoms with Gasteiger partial charge in [0.25, 0.3) is 11.5 Å². The van der Waals surface area contributed by atoms with Crippen LogP contribution in [0.5, 0.6) is 0 Å². The van der Waals surface area contributed by atoms with Crippen molar-refractivity contribution in [3.05, 3.63) is 62.8 Å². The van der Waals surface area contributed by atoms with Crippen LogP contribution in [0.2, 0.25) is 0 Å². The first kappa shape index (κ1) is 14.5. The first-order chi connectivity index (χ1) is 10.5. The summed E-state index contributed by atoms with van der Waals surface area (Å²) in [5.41, 5.74) is 2.40. The quantitative estimate of drug-likeness (QED) is 0.763. The zero-order valence-corrected chi connectivity index (χ0v) is 12.4. The van der Waals surface area contributed by atoms with Crippen molar-refractivity contribution in [2.45, 2.75) is 32.4 Å². The molecule has 0 radical (unpaired) electrons. The normalized spacial score (nSPS) is 19.8. The maximum Gasteiger partial charge on any atom is 0.279 e. The highest BCUT2D eigenvalue weighted by Crippen LogP contribution is 2.31. The molecule has 114 valence electrons. The highest BCUT2D eigenvalue weighted by atomic mass is 16.3. The summed E-state index contributed by atoms with van der Waals surface area (Å²) in [6.45, 7) is 3.45. The van der Waals surface area contributed by atoms with Crippen LogP contribution >= 0.6 is 0 Å². The Balaban J connectivity index is 1.89. The molecular formula is C16H17N3O3. The van der Waals surface area contributed by atoms with Gasteiger partial charge in [-0.25, -0.2) is 4.98 Å². The molecule has 1 aromatic carbocycles. The predicted octanol–water partition coefficient (Wildman–Crippen LogP) is 0.775. The largest absolute Gasteiger partial charge is 0.390 e. The van der Waals surface area contributed by atoms with Gasteiger partial charge in [-0.2, -0.15) is 0 Å². The van der Waals surface area contributed by atoms with E-state index < -0.39 is 23.6 Å². The number of aliphatic hydroxyl groups excluding tert-OH is 1. The summed E-state index contributed by atoms with van der Waals surface area (Å²) in [4.78, 5) is 30.9. The minimum atomic E-state index is -0.702. The van der Waals surface area contributed by atoms with Gasteiger partial charge in [-0.05, 0) is 25.0 Å². The van der Waals surface area contributed by atoms with E-state index in [0.717, 1.165) is 11.1 Å². The topological polar surface area (TPSA) is 95.1 Å². The molecule has 1 aliphatic rings. The molecule has 22 heavy (non-hydrogen) atoms. The van der Waals surface area contributed by atoms with Crippen LogP contribution in [0.25, 0.3) is 0 Å². The number of hydrogen-bond donors (Lipinski definition) is 3. The Labute approximate surface area is 127 Å². The van der Waals surface area contributed by atoms with Crippen LogP contribution in [0, 0.1) is 13.8 Å². The molecule has 6 nitrogen and oxygen atoms in total. The maximum atomic E-state index is 12.3. The van der Waals surface area contributed by atoms with E-state index in [9.17, 15) is 14.7 Å². The maximum absolute atomic E-state index is 12.3. The summed E-state index contributed by atoms with van der Waals surface area (Å²) in [5, 5.41) is 12.9. The first-order valence-electron chi connectivity index (χ1n) is 7.11. The van der Waals surface area contributed by atoms with Crippen molar-refractivity contribution in [1.82, 2.24) is 15.3 Å². The highest BCUT2D eigenvalue weighted by Gasteiger charge is 2.32. The molecular weight excluding hydrogens is 282 g/mol. The van der Waals surface area contributed by atoms with Crippen LogP contribution in [0.3, 0.4) is 0 Å². The van der Waals surface area contributed by atoms with Gasteiger partial charge in [-0.15, -0.1) is 0 Å². The van der Waals surface area contributed by atoms with Crippen LogP contribution in [0.4, 0.5) is 0 Å². The number of nitrogens with zero attached hydrogens (tertiary/aromatic N) is 1. The lowest BCUT2D eigenvalue weighted by atomic mass is 10.1. The number of aryl methyl sites for hydroxylation is 2. The van der Waals surface area contributed by atoms with Gasteiger partial charge in [-0.1, -0.05) is 24.3 Å². The number of aromatic nitrogens is 2. The minimum absolute atomic E-state index is 0.181. The third-order valence-electron chi connectivity index (χ3n) is 4.04. The molecule has 2 aromatic rings. The molecule has 3 rings (SSSR count). The van der Waals surface area contributed by atoms with Gasteiger partial charge in [0.05, 0.1) is 17.8 Å². The second kappa shape index (κ2) is 5.38. The van der Waals surface area contributed by atoms with E-state index in [-0.39, 0.29) is 5.69 Å². The van der Waals surface area contributed by atoms with E-state index in [4.69, 9.17) is 0 Å². The molecule has 1 aliphatic carbocycles. The summed E-state index contributed by atoms with van der Waals surface area (Å²) < 4.78 is 0. The second-order valence-electron chi connectivity index (χ2n) is 5.55. The minimum Gasteiger partial charge on any atom is -0.390 e. The van der Waals surface area contributed by atoms with E-state index in [1.54, 1.807) is 13.8 Å². The van der Waals surface area contributed by atoms with Gasteiger partial charge in [0.15, 0.2) is 5.69 Å². The number of H-pyrrole nitrogens is 1. The lowest BCUT2D eigenvalue weighted by Gasteiger charge is -2.17. The van der Waals surface area contributed by atoms with E-state index in [2.05, 4.69) is 15.3 Å². The van der Waals surface area contributed by atoms with Crippen molar-refractivity contribution in [2.24, 2.45) is 0 Å². The van der Waals surface area contributed by atoms with Crippen LogP contribution in [0.1, 0.15) is 39.0 Å². The van der Waals surface area contributed by atoms with Crippen molar-refractivity contribution in [2.75, 3.05) is 0 Å². The molecule has 1 aromatic heterocycles. The SMILES string of the molecule is Cc1nc(C(=O)NC2c3ccccc3CC2O)c(=O)[nH]c1C. The standard InChI is InChI=1S/C16H17N3O3/c1-8-9(2)18-15(21)14(17-8)16(22)19-13-11-6-4-3-5-10(11)7-12(13)20/h3-6,12-13,20H,7H2,1-2H3,(H,18,21)(H,19,22). The number of carbonyl (C=O) groups is 1. The smallest absolute Gasteiger partial charge is 0.279 e. The molecule has 0 saturated heterocycles. The van der Waals surface area contributed by atoms with Gasteiger partial charge in [0, 0.05) is 12.1 Å². The van der Waals surface area contributed by atoms with Crippen LogP contribution in [-0.2, 0) is 6.42 Å². The molecule has 0 saturated carbocycles. The fraction of sp³-hybridized carbons (Fsp3) is 0.312. The number of amides is 1. The summed E-state index contributed by atoms with van der Waals surface area (Å²) in [6, 6.07) is 7.02. The Bertz CT molecular complexity index is 797. The Hall–Kier alpha value is -2.47. The van der Waals surface area contributed by atoms with Gasteiger partial charge in [-0.3, -0.25) is 9.59 Å². The molecule has 0 fully saturated rings. The lowest BCUT2D eigenvalue weighted by molar-refractivity contribution is 0.0851. The van der Waals surface area contributed by atoms with E-state index >= 15 is 0 Å². The van der Waals surface area contributed by atoms with E-state index in [1.165, 1.54) is 0 Å². The van der Waals surface area contributed by atoms with Crippen molar-refractivity contribution >= 4 is 5.91 Å². The average Bonchev–Trinajstić information content (AvgIpc) is 2.79. The fourth-order valence-electron chi connectivity index (χ4n) is 2.73. The number of rotatable bonds is 2. The molecule has 2 atom stereocenters. The van der Waals surface area contributed by atoms with Crippen molar-refractivity contribution in [3.8, 4) is 0 Å². The lowest BCUT2D eigenvalue weighted by Crippen LogP contribution is -2.37. The molecule has 1 heterocycles. The monoisotopic (exact) mass is 299 g/mol. The Morgan fingerprint density at radius 2 is 2.09 bits per heavy atom. The van der Waals surface area contributed by atoms with Crippen LogP contribution in [-0.4, -0.2) is 27.1 Å². The zero-order valence-electron chi connectivity index (χ0n) is 12.4. The van der Waals surface area contributed by atoms with Gasteiger partial charge in [0.1, 0.15) is 0 Å². The molecule has 0 spiro atoms. The highest BCUT2D eigenvalue weighted by molar-refractivity contribution is 5.92. The molecule has 2 unspecified atom stereocenters. The van der Waals surface area contributed by atoms with E-state index in [1.807, 2.05) is 24.3 Å². The Morgan fingerprint density at radius 1 is 1.36 bits per heavy atom. The first-order valence-corrected chi connectivity index (χ1v) is 7.11. The second-order valence-corrected chi connectivity index (χ2v) is 5.55. The van der Waals surface area contributed by atoms with Gasteiger partial charge >= 0.3 is 0 Å². The average molecular weight is 299 g/mol. The van der Waals surface area contributed by atoms with Crippen molar-refractivity contribution < 1.29 is 9.90 Å². The number of hydrogen-bond acceptors (Lipinski definition) is 4. The van der Waals surface area contributed by atoms with Crippen molar-refractivity contribution in [1.29, 1.82) is 0 Å². The number of aliphatic hydroxyl groups is 1. The van der Waals surface area contributed by atoms with Crippen LogP contribution in [0.15, 0.2) is 29.1 Å². The fourth-order valence-corrected chi connectivity index (χ4v) is 2.73. The third kappa shape index (κ3) is 2.42. The number of carbonyl (C=O) groups excluding carboxylic acids is 1. The third-order valence-corrected chi connectivity index (χ3v) is 4.04. The molecule has 3 N–H and O–H groups in total. The molecule has 0 aliphatic heterocycles. The number of fused-ring (bicyclic) bond motifs is 1. The van der Waals surface area contributed by atoms with E-state index in [0.29, 0.717) is 17.8 Å². The number of aromatic amines is 1. The predicted molar refractivity (Wildman–Crippen MR) is 80.7 cm³/mol. The summed E-state index contributed by atoms with van der Waals surface area (Å²) in [6.07, 6.45) is -0.218. The molecule has 1 amide bonds. The van der Waals surface area contributed by atoms with Crippen LogP contribution < -0.4 is 10.9 Å². The Kier molecular flexibility index (Phi) is 3.54. The summed E-state index contributed by atoms with van der Waals surface area (Å²) in [5.74, 6) is -0.579. The van der Waals surface area contributed by atoms with Gasteiger partial charge in [0.2, 0.25) is 0 Å². The number of benzene rings is 1. The number of nitrogens with one attached hydrogen (secondary N) is 2. The molecule has 0 bridgehead atoms. The summed E-state index contributed by atoms with van der Waals surface area (Å²) in [7, 11) is 0.